The molecular weight excluding hydrogens is 448 g/mol. The normalized spacial score (nSPS) is 11.3. The van der Waals surface area contributed by atoms with Crippen LogP contribution in [0.2, 0.25) is 5.02 Å². The molecule has 0 unspecified atom stereocenters. The highest BCUT2D eigenvalue weighted by Crippen LogP contribution is 2.37. The number of aromatic hydroxyl groups is 1. The van der Waals surface area contributed by atoms with E-state index in [4.69, 9.17) is 16.3 Å². The van der Waals surface area contributed by atoms with Gasteiger partial charge in [-0.1, -0.05) is 18.5 Å². The number of halogens is 1. The molecule has 0 aliphatic heterocycles. The fourth-order valence-corrected chi connectivity index (χ4v) is 4.11. The van der Waals surface area contributed by atoms with Crippen molar-refractivity contribution >= 4 is 39.2 Å². The van der Waals surface area contributed by atoms with Crippen molar-refractivity contribution in [2.75, 3.05) is 25.5 Å². The lowest BCUT2D eigenvalue weighted by Crippen LogP contribution is -2.26. The first-order valence-corrected chi connectivity index (χ1v) is 11.1. The van der Waals surface area contributed by atoms with Crippen LogP contribution in [0.3, 0.4) is 0 Å². The van der Waals surface area contributed by atoms with Crippen LogP contribution in [-0.2, 0) is 24.3 Å². The van der Waals surface area contributed by atoms with E-state index in [0.29, 0.717) is 5.56 Å². The van der Waals surface area contributed by atoms with Crippen molar-refractivity contribution < 1.29 is 32.6 Å². The maximum absolute atomic E-state index is 12.6. The van der Waals surface area contributed by atoms with Gasteiger partial charge in [-0.15, -0.1) is 0 Å². The summed E-state index contributed by atoms with van der Waals surface area (Å²) < 4.78 is 36.6. The van der Waals surface area contributed by atoms with Crippen molar-refractivity contribution in [1.29, 1.82) is 0 Å². The summed E-state index contributed by atoms with van der Waals surface area (Å²) in [6, 6.07) is 6.71. The van der Waals surface area contributed by atoms with E-state index in [1.54, 1.807) is 20.8 Å². The van der Waals surface area contributed by atoms with Crippen LogP contribution >= 0.6 is 11.6 Å². The van der Waals surface area contributed by atoms with E-state index >= 15 is 0 Å². The van der Waals surface area contributed by atoms with E-state index in [1.165, 1.54) is 37.4 Å². The van der Waals surface area contributed by atoms with Gasteiger partial charge >= 0.3 is 11.9 Å². The van der Waals surface area contributed by atoms with Crippen LogP contribution in [0.1, 0.15) is 19.4 Å². The van der Waals surface area contributed by atoms with Crippen LogP contribution < -0.4 is 10.1 Å². The zero-order valence-corrected chi connectivity index (χ0v) is 19.0. The molecule has 0 bridgehead atoms. The van der Waals surface area contributed by atoms with Gasteiger partial charge in [-0.25, -0.2) is 17.5 Å². The van der Waals surface area contributed by atoms with Gasteiger partial charge in [0.25, 0.3) is 0 Å². The zero-order chi connectivity index (χ0) is 23.3. The lowest BCUT2D eigenvalue weighted by atomic mass is 10.2. The lowest BCUT2D eigenvalue weighted by Gasteiger charge is -2.17. The molecule has 2 aromatic rings. The van der Waals surface area contributed by atoms with E-state index in [2.05, 4.69) is 10.1 Å². The largest absolute Gasteiger partial charge is 0.507 e. The first-order valence-electron chi connectivity index (χ1n) is 9.26. The van der Waals surface area contributed by atoms with Crippen LogP contribution in [0.25, 0.3) is 0 Å². The number of hydrogen-bond donors (Lipinski definition) is 2. The Hall–Kier alpha value is -2.82. The third kappa shape index (κ3) is 5.66. The number of carbonyl (C=O) groups is 2. The van der Waals surface area contributed by atoms with Crippen LogP contribution in [-0.4, -0.2) is 49.9 Å². The molecule has 0 saturated carbocycles. The first kappa shape index (κ1) is 24.4. The number of esters is 1. The minimum Gasteiger partial charge on any atom is -0.507 e. The number of benzene rings is 2. The number of carbonyl (C=O) groups excluding carboxylic acids is 2. The van der Waals surface area contributed by atoms with Gasteiger partial charge < -0.3 is 19.9 Å². The summed E-state index contributed by atoms with van der Waals surface area (Å²) >= 11 is 6.27. The Labute approximate surface area is 185 Å². The van der Waals surface area contributed by atoms with Crippen LogP contribution in [0, 0.1) is 6.92 Å². The van der Waals surface area contributed by atoms with Gasteiger partial charge in [0.2, 0.25) is 10.0 Å². The van der Waals surface area contributed by atoms with E-state index in [0.717, 1.165) is 4.31 Å². The molecule has 2 N–H and O–H groups in total. The van der Waals surface area contributed by atoms with Crippen LogP contribution in [0.4, 0.5) is 5.69 Å². The summed E-state index contributed by atoms with van der Waals surface area (Å²) in [5, 5.41) is 12.5. The lowest BCUT2D eigenvalue weighted by molar-refractivity contribution is -0.152. The summed E-state index contributed by atoms with van der Waals surface area (Å²) in [5.74, 6) is -2.03. The monoisotopic (exact) mass is 470 g/mol. The average Bonchev–Trinajstić information content (AvgIpc) is 2.71. The van der Waals surface area contributed by atoms with E-state index in [-0.39, 0.29) is 40.3 Å². The molecule has 168 valence electrons. The van der Waals surface area contributed by atoms with Gasteiger partial charge in [-0.2, -0.15) is 0 Å². The Balaban J connectivity index is 2.33. The number of nitrogens with one attached hydrogen (secondary N) is 1. The molecule has 0 aliphatic rings. The number of nitrogens with zero attached hydrogens (tertiary/aromatic N) is 1. The van der Waals surface area contributed by atoms with Gasteiger partial charge in [-0.3, -0.25) is 4.79 Å². The average molecular weight is 471 g/mol. The third-order valence-corrected chi connectivity index (χ3v) is 6.48. The summed E-state index contributed by atoms with van der Waals surface area (Å²) in [4.78, 5) is 23.0. The molecule has 0 spiro atoms. The summed E-state index contributed by atoms with van der Waals surface area (Å²) in [5.41, 5.74) is 0.765. The maximum Gasteiger partial charge on any atom is 0.397 e. The molecule has 0 aliphatic carbocycles. The third-order valence-electron chi connectivity index (χ3n) is 4.23. The Morgan fingerprint density at radius 1 is 1.19 bits per heavy atom. The molecule has 0 heterocycles. The number of phenolic OH excluding ortho intramolecular Hbond substituents is 1. The van der Waals surface area contributed by atoms with Gasteiger partial charge in [0.15, 0.2) is 0 Å². The van der Waals surface area contributed by atoms with Crippen molar-refractivity contribution in [3.63, 3.8) is 0 Å². The van der Waals surface area contributed by atoms with Gasteiger partial charge in [0.1, 0.15) is 22.1 Å². The Bertz CT molecular complexity index is 1080. The number of phenols is 1. The number of ether oxygens (including phenoxy) is 2. The quantitative estimate of drug-likeness (QED) is 0.470. The van der Waals surface area contributed by atoms with Crippen molar-refractivity contribution in [3.8, 4) is 17.2 Å². The van der Waals surface area contributed by atoms with Crippen molar-refractivity contribution in [2.24, 2.45) is 0 Å². The fourth-order valence-electron chi connectivity index (χ4n) is 2.53. The van der Waals surface area contributed by atoms with Gasteiger partial charge in [-0.05, 0) is 43.7 Å². The fraction of sp³-hybridized carbons (Fsp3) is 0.300. The van der Waals surface area contributed by atoms with Crippen molar-refractivity contribution in [2.45, 2.75) is 25.7 Å². The topological polar surface area (TPSA) is 122 Å². The Morgan fingerprint density at radius 2 is 1.87 bits per heavy atom. The number of amides is 1. The smallest absolute Gasteiger partial charge is 0.397 e. The van der Waals surface area contributed by atoms with E-state index in [1.807, 2.05) is 0 Å². The number of aryl methyl sites for hydroxylation is 1. The molecule has 1 amide bonds. The maximum atomic E-state index is 12.6. The van der Waals surface area contributed by atoms with E-state index in [9.17, 15) is 23.1 Å². The van der Waals surface area contributed by atoms with Crippen LogP contribution in [0.5, 0.6) is 17.2 Å². The van der Waals surface area contributed by atoms with Crippen LogP contribution in [0.15, 0.2) is 35.2 Å². The molecule has 31 heavy (non-hydrogen) atoms. The summed E-state index contributed by atoms with van der Waals surface area (Å²) in [7, 11) is -2.51. The molecule has 9 nitrogen and oxygen atoms in total. The summed E-state index contributed by atoms with van der Waals surface area (Å²) in [6.07, 6.45) is 0. The SMILES string of the molecule is CCOC(=O)C(=O)Nc1cc(C)c(Oc2ccc(O)c(S(=O)(=O)N(C)CC)c2)c(Cl)c1. The molecule has 0 radical (unpaired) electrons. The Morgan fingerprint density at radius 3 is 2.45 bits per heavy atom. The molecule has 2 rings (SSSR count). The number of hydrogen-bond acceptors (Lipinski definition) is 7. The standard InChI is InChI=1S/C20H23ClN2O7S/c1-5-23(4)31(27,28)17-11-14(7-8-16(17)24)30-18-12(3)9-13(10-15(18)21)22-19(25)20(26)29-6-2/h7-11,24H,5-6H2,1-4H3,(H,22,25). The highest BCUT2D eigenvalue weighted by molar-refractivity contribution is 7.89. The molecule has 0 fully saturated rings. The molecule has 11 heteroatoms. The predicted octanol–water partition coefficient (Wildman–Crippen LogP) is 3.29. The second-order valence-electron chi connectivity index (χ2n) is 6.43. The zero-order valence-electron chi connectivity index (χ0n) is 17.4. The molecule has 0 aromatic heterocycles. The second-order valence-corrected chi connectivity index (χ2v) is 8.85. The van der Waals surface area contributed by atoms with E-state index < -0.39 is 27.6 Å². The first-order chi connectivity index (χ1) is 14.5. The predicted molar refractivity (Wildman–Crippen MR) is 115 cm³/mol. The van der Waals surface area contributed by atoms with Crippen molar-refractivity contribution in [1.82, 2.24) is 4.31 Å². The molecule has 0 atom stereocenters. The highest BCUT2D eigenvalue weighted by Gasteiger charge is 2.24. The number of rotatable bonds is 7. The minimum absolute atomic E-state index is 0.0667. The second kappa shape index (κ2) is 9.99. The number of anilines is 1. The van der Waals surface area contributed by atoms with Gasteiger partial charge in [0.05, 0.1) is 11.6 Å². The Kier molecular flexibility index (Phi) is 7.88. The summed E-state index contributed by atoms with van der Waals surface area (Å²) in [6.45, 7) is 5.19. The molecular formula is C20H23ClN2O7S. The molecule has 0 saturated heterocycles. The molecule has 2 aromatic carbocycles. The van der Waals surface area contributed by atoms with Crippen molar-refractivity contribution in [3.05, 3.63) is 40.9 Å². The highest BCUT2D eigenvalue weighted by atomic mass is 35.5. The minimum atomic E-state index is -3.91. The number of sulfonamides is 1. The van der Waals surface area contributed by atoms with Gasteiger partial charge in [0, 0.05) is 25.3 Å².